The minimum atomic E-state index is -3.15. The lowest BCUT2D eigenvalue weighted by Crippen LogP contribution is -2.42. The van der Waals surface area contributed by atoms with Crippen molar-refractivity contribution in [2.24, 2.45) is 4.99 Å². The summed E-state index contributed by atoms with van der Waals surface area (Å²) < 4.78 is 24.5. The molecule has 1 heterocycles. The van der Waals surface area contributed by atoms with E-state index in [1.54, 1.807) is 18.4 Å². The lowest BCUT2D eigenvalue weighted by molar-refractivity contribution is 0.475. The van der Waals surface area contributed by atoms with Gasteiger partial charge < -0.3 is 10.2 Å². The molecule has 0 amide bonds. The lowest BCUT2D eigenvalue weighted by atomic mass is 10.0. The van der Waals surface area contributed by atoms with Gasteiger partial charge in [-0.05, 0) is 25.7 Å². The van der Waals surface area contributed by atoms with Crippen LogP contribution in [0, 0.1) is 0 Å². The number of aliphatic imine (C=N–C) groups is 1. The zero-order chi connectivity index (χ0) is 16.9. The number of sulfonamides is 1. The van der Waals surface area contributed by atoms with E-state index in [-0.39, 0.29) is 0 Å². The first kappa shape index (κ1) is 18.2. The maximum atomic E-state index is 11.0. The molecule has 2 rings (SSSR count). The normalized spacial score (nSPS) is 15.3. The summed E-state index contributed by atoms with van der Waals surface area (Å²) in [6, 6.07) is 0. The SMILES string of the molecule is CN=C(NCCNS(C)(=O)=O)N(C)Cc1nc2c(s1)CCCC2. The molecular formula is C14H25N5O2S2. The maximum Gasteiger partial charge on any atom is 0.208 e. The number of aryl methyl sites for hydroxylation is 2. The summed E-state index contributed by atoms with van der Waals surface area (Å²) in [6.07, 6.45) is 5.91. The van der Waals surface area contributed by atoms with Crippen molar-refractivity contribution in [1.29, 1.82) is 0 Å². The summed E-state index contributed by atoms with van der Waals surface area (Å²) in [5.41, 5.74) is 1.27. The highest BCUT2D eigenvalue weighted by Crippen LogP contribution is 2.27. The second-order valence-electron chi connectivity index (χ2n) is 5.68. The van der Waals surface area contributed by atoms with Crippen molar-refractivity contribution in [1.82, 2.24) is 19.9 Å². The zero-order valence-electron chi connectivity index (χ0n) is 13.9. The molecule has 0 spiro atoms. The van der Waals surface area contributed by atoms with Crippen LogP contribution < -0.4 is 10.0 Å². The van der Waals surface area contributed by atoms with Crippen molar-refractivity contribution in [3.05, 3.63) is 15.6 Å². The van der Waals surface area contributed by atoms with Crippen LogP contribution in [0.25, 0.3) is 0 Å². The third kappa shape index (κ3) is 5.74. The van der Waals surface area contributed by atoms with Gasteiger partial charge in [0.1, 0.15) is 5.01 Å². The highest BCUT2D eigenvalue weighted by molar-refractivity contribution is 7.88. The molecule has 0 unspecified atom stereocenters. The molecule has 1 aliphatic carbocycles. The highest BCUT2D eigenvalue weighted by atomic mass is 32.2. The Morgan fingerprint density at radius 1 is 1.35 bits per heavy atom. The van der Waals surface area contributed by atoms with E-state index in [1.165, 1.54) is 23.4 Å². The van der Waals surface area contributed by atoms with E-state index < -0.39 is 10.0 Å². The van der Waals surface area contributed by atoms with Gasteiger partial charge in [-0.15, -0.1) is 11.3 Å². The van der Waals surface area contributed by atoms with Gasteiger partial charge in [0, 0.05) is 32.1 Å². The Hall–Kier alpha value is -1.19. The first-order chi connectivity index (χ1) is 10.9. The molecule has 9 heteroatoms. The fourth-order valence-electron chi connectivity index (χ4n) is 2.55. The Labute approximate surface area is 142 Å². The van der Waals surface area contributed by atoms with Crippen LogP contribution in [0.3, 0.4) is 0 Å². The van der Waals surface area contributed by atoms with Crippen molar-refractivity contribution >= 4 is 27.3 Å². The number of nitrogens with one attached hydrogen (secondary N) is 2. The second-order valence-corrected chi connectivity index (χ2v) is 8.68. The van der Waals surface area contributed by atoms with Crippen molar-refractivity contribution in [3.8, 4) is 0 Å². The molecule has 2 N–H and O–H groups in total. The Morgan fingerprint density at radius 3 is 2.74 bits per heavy atom. The van der Waals surface area contributed by atoms with Crippen molar-refractivity contribution in [2.75, 3.05) is 33.4 Å². The Balaban J connectivity index is 1.85. The van der Waals surface area contributed by atoms with Gasteiger partial charge in [0.05, 0.1) is 18.5 Å². The Bertz CT molecular complexity index is 631. The average Bonchev–Trinajstić information content (AvgIpc) is 2.88. The standard InChI is InChI=1S/C14H25N5O2S2/c1-15-14(16-8-9-17-23(3,20)21)19(2)10-13-18-11-6-4-5-7-12(11)22-13/h17H,4-10H2,1-3H3,(H,15,16). The van der Waals surface area contributed by atoms with Crippen LogP contribution >= 0.6 is 11.3 Å². The van der Waals surface area contributed by atoms with E-state index in [0.29, 0.717) is 19.6 Å². The van der Waals surface area contributed by atoms with E-state index >= 15 is 0 Å². The predicted molar refractivity (Wildman–Crippen MR) is 94.4 cm³/mol. The fraction of sp³-hybridized carbons (Fsp3) is 0.714. The number of hydrogen-bond acceptors (Lipinski definition) is 5. The van der Waals surface area contributed by atoms with Crippen LogP contribution in [0.15, 0.2) is 4.99 Å². The van der Waals surface area contributed by atoms with Crippen LogP contribution in [-0.2, 0) is 29.4 Å². The van der Waals surface area contributed by atoms with E-state index in [9.17, 15) is 8.42 Å². The zero-order valence-corrected chi connectivity index (χ0v) is 15.6. The summed E-state index contributed by atoms with van der Waals surface area (Å²) in [5.74, 6) is 0.730. The van der Waals surface area contributed by atoms with E-state index in [0.717, 1.165) is 30.1 Å². The molecule has 0 atom stereocenters. The van der Waals surface area contributed by atoms with Gasteiger partial charge in [-0.2, -0.15) is 0 Å². The topological polar surface area (TPSA) is 86.7 Å². The molecule has 0 fully saturated rings. The van der Waals surface area contributed by atoms with Crippen LogP contribution in [0.4, 0.5) is 0 Å². The quantitative estimate of drug-likeness (QED) is 0.441. The van der Waals surface area contributed by atoms with E-state index in [4.69, 9.17) is 4.98 Å². The monoisotopic (exact) mass is 359 g/mol. The molecule has 0 radical (unpaired) electrons. The largest absolute Gasteiger partial charge is 0.355 e. The summed E-state index contributed by atoms with van der Waals surface area (Å²) in [5, 5.41) is 4.26. The molecule has 7 nitrogen and oxygen atoms in total. The number of nitrogens with zero attached hydrogens (tertiary/aromatic N) is 3. The molecular weight excluding hydrogens is 334 g/mol. The van der Waals surface area contributed by atoms with Crippen LogP contribution in [-0.4, -0.2) is 57.7 Å². The molecule has 1 aliphatic rings. The summed E-state index contributed by atoms with van der Waals surface area (Å²) in [6.45, 7) is 1.52. The number of thiazole rings is 1. The molecule has 0 saturated heterocycles. The second kappa shape index (κ2) is 8.07. The molecule has 0 aromatic carbocycles. The van der Waals surface area contributed by atoms with Gasteiger partial charge >= 0.3 is 0 Å². The third-order valence-electron chi connectivity index (χ3n) is 3.61. The van der Waals surface area contributed by atoms with Crippen LogP contribution in [0.5, 0.6) is 0 Å². The highest BCUT2D eigenvalue weighted by Gasteiger charge is 2.16. The number of guanidine groups is 1. The Morgan fingerprint density at radius 2 is 2.09 bits per heavy atom. The minimum Gasteiger partial charge on any atom is -0.355 e. The molecule has 1 aromatic heterocycles. The minimum absolute atomic E-state index is 0.331. The summed E-state index contributed by atoms with van der Waals surface area (Å²) in [7, 11) is 0.525. The lowest BCUT2D eigenvalue weighted by Gasteiger charge is -2.21. The number of rotatable bonds is 6. The fourth-order valence-corrected chi connectivity index (χ4v) is 4.23. The molecule has 0 aliphatic heterocycles. The maximum absolute atomic E-state index is 11.0. The molecule has 130 valence electrons. The first-order valence-corrected chi connectivity index (χ1v) is 10.4. The molecule has 1 aromatic rings. The number of hydrogen-bond donors (Lipinski definition) is 2. The average molecular weight is 360 g/mol. The first-order valence-electron chi connectivity index (χ1n) is 7.73. The molecule has 0 bridgehead atoms. The van der Waals surface area contributed by atoms with Gasteiger partial charge in [-0.1, -0.05) is 0 Å². The number of fused-ring (bicyclic) bond motifs is 1. The molecule has 23 heavy (non-hydrogen) atoms. The third-order valence-corrected chi connectivity index (χ3v) is 5.48. The van der Waals surface area contributed by atoms with Crippen molar-refractivity contribution < 1.29 is 8.42 Å². The van der Waals surface area contributed by atoms with E-state index in [1.807, 2.05) is 11.9 Å². The van der Waals surface area contributed by atoms with Gasteiger partial charge in [0.25, 0.3) is 0 Å². The Kier molecular flexibility index (Phi) is 6.37. The van der Waals surface area contributed by atoms with E-state index in [2.05, 4.69) is 15.0 Å². The van der Waals surface area contributed by atoms with Crippen molar-refractivity contribution in [3.63, 3.8) is 0 Å². The van der Waals surface area contributed by atoms with Crippen LogP contribution in [0.2, 0.25) is 0 Å². The number of aromatic nitrogens is 1. The van der Waals surface area contributed by atoms with Crippen LogP contribution in [0.1, 0.15) is 28.4 Å². The van der Waals surface area contributed by atoms with Gasteiger partial charge in [0.2, 0.25) is 10.0 Å². The summed E-state index contributed by atoms with van der Waals surface area (Å²) in [4.78, 5) is 12.4. The van der Waals surface area contributed by atoms with Gasteiger partial charge in [0.15, 0.2) is 5.96 Å². The summed E-state index contributed by atoms with van der Waals surface area (Å²) >= 11 is 1.80. The molecule has 0 saturated carbocycles. The van der Waals surface area contributed by atoms with Gasteiger partial charge in [-0.3, -0.25) is 4.99 Å². The predicted octanol–water partition coefficient (Wildman–Crippen LogP) is 0.578. The van der Waals surface area contributed by atoms with Gasteiger partial charge in [-0.25, -0.2) is 18.1 Å². The van der Waals surface area contributed by atoms with Crippen molar-refractivity contribution in [2.45, 2.75) is 32.2 Å². The smallest absolute Gasteiger partial charge is 0.208 e.